The fourth-order valence-electron chi connectivity index (χ4n) is 3.50. The SMILES string of the molecule is Cc1ccc(C)c(Oc2cc(NC(=O)C(C)Cn3nc(C)c([N+](=O)[O-])c3C)cc([N+](=O)[O-])c2)c1. The Hall–Kier alpha value is -4.28. The van der Waals surface area contributed by atoms with Gasteiger partial charge in [-0.25, -0.2) is 0 Å². The highest BCUT2D eigenvalue weighted by Gasteiger charge is 2.24. The van der Waals surface area contributed by atoms with Crippen LogP contribution >= 0.6 is 0 Å². The Bertz CT molecular complexity index is 1280. The van der Waals surface area contributed by atoms with Gasteiger partial charge in [0.15, 0.2) is 0 Å². The van der Waals surface area contributed by atoms with E-state index >= 15 is 0 Å². The number of nitrogens with one attached hydrogen (secondary N) is 1. The van der Waals surface area contributed by atoms with Gasteiger partial charge in [-0.3, -0.25) is 29.7 Å². The maximum Gasteiger partial charge on any atom is 0.312 e. The van der Waals surface area contributed by atoms with E-state index in [4.69, 9.17) is 4.74 Å². The highest BCUT2D eigenvalue weighted by atomic mass is 16.6. The number of anilines is 1. The number of nitrogens with zero attached hydrogens (tertiary/aromatic N) is 4. The molecule has 3 rings (SSSR count). The van der Waals surface area contributed by atoms with Gasteiger partial charge in [-0.1, -0.05) is 19.1 Å². The maximum absolute atomic E-state index is 12.8. The summed E-state index contributed by atoms with van der Waals surface area (Å²) < 4.78 is 7.30. The van der Waals surface area contributed by atoms with Gasteiger partial charge in [0.05, 0.1) is 34.1 Å². The Labute approximate surface area is 195 Å². The molecule has 0 aliphatic rings. The van der Waals surface area contributed by atoms with E-state index in [1.54, 1.807) is 13.8 Å². The van der Waals surface area contributed by atoms with Crippen molar-refractivity contribution in [3.63, 3.8) is 0 Å². The molecular weight excluding hydrogens is 442 g/mol. The predicted molar refractivity (Wildman–Crippen MR) is 125 cm³/mol. The van der Waals surface area contributed by atoms with Crippen molar-refractivity contribution in [1.82, 2.24) is 9.78 Å². The fourth-order valence-corrected chi connectivity index (χ4v) is 3.50. The molecule has 0 saturated carbocycles. The monoisotopic (exact) mass is 467 g/mol. The number of benzene rings is 2. The number of hydrogen-bond acceptors (Lipinski definition) is 7. The first-order valence-corrected chi connectivity index (χ1v) is 10.5. The largest absolute Gasteiger partial charge is 0.457 e. The summed E-state index contributed by atoms with van der Waals surface area (Å²) in [5.41, 5.74) is 2.32. The first kappa shape index (κ1) is 24.4. The Morgan fingerprint density at radius 3 is 2.41 bits per heavy atom. The number of nitro benzene ring substituents is 1. The van der Waals surface area contributed by atoms with Gasteiger partial charge in [0.1, 0.15) is 22.9 Å². The zero-order chi connectivity index (χ0) is 25.2. The van der Waals surface area contributed by atoms with E-state index in [0.717, 1.165) is 11.1 Å². The molecule has 0 radical (unpaired) electrons. The maximum atomic E-state index is 12.8. The van der Waals surface area contributed by atoms with Crippen LogP contribution in [0.3, 0.4) is 0 Å². The van der Waals surface area contributed by atoms with E-state index in [1.165, 1.54) is 29.8 Å². The first-order valence-electron chi connectivity index (χ1n) is 10.5. The minimum atomic E-state index is -0.625. The van der Waals surface area contributed by atoms with Crippen LogP contribution in [0.4, 0.5) is 17.1 Å². The molecule has 34 heavy (non-hydrogen) atoms. The number of hydrogen-bond donors (Lipinski definition) is 1. The molecule has 11 heteroatoms. The van der Waals surface area contributed by atoms with Crippen LogP contribution in [0.25, 0.3) is 0 Å². The van der Waals surface area contributed by atoms with Gasteiger partial charge in [-0.15, -0.1) is 0 Å². The van der Waals surface area contributed by atoms with Gasteiger partial charge in [-0.2, -0.15) is 5.10 Å². The third-order valence-corrected chi connectivity index (χ3v) is 5.36. The highest BCUT2D eigenvalue weighted by Crippen LogP contribution is 2.32. The zero-order valence-corrected chi connectivity index (χ0v) is 19.5. The number of aryl methyl sites for hydroxylation is 3. The third-order valence-electron chi connectivity index (χ3n) is 5.36. The molecule has 0 saturated heterocycles. The number of amides is 1. The quantitative estimate of drug-likeness (QED) is 0.363. The van der Waals surface area contributed by atoms with Gasteiger partial charge in [-0.05, 0) is 44.9 Å². The number of non-ortho nitro benzene ring substituents is 1. The number of carbonyl (C=O) groups excluding carboxylic acids is 1. The lowest BCUT2D eigenvalue weighted by Crippen LogP contribution is -2.25. The number of nitro groups is 2. The van der Waals surface area contributed by atoms with E-state index in [-0.39, 0.29) is 35.1 Å². The Morgan fingerprint density at radius 2 is 1.79 bits per heavy atom. The molecule has 1 aromatic heterocycles. The standard InChI is InChI=1S/C23H25N5O6/c1-13-6-7-14(2)21(8-13)34-20-10-18(9-19(11-20)27(30)31)24-23(29)15(3)12-26-17(5)22(28(32)33)16(4)25-26/h6-11,15H,12H2,1-5H3,(H,24,29). The molecule has 0 spiro atoms. The third kappa shape index (κ3) is 5.37. The van der Waals surface area contributed by atoms with Crippen LogP contribution in [0.1, 0.15) is 29.4 Å². The number of aromatic nitrogens is 2. The molecule has 0 aliphatic carbocycles. The topological polar surface area (TPSA) is 142 Å². The lowest BCUT2D eigenvalue weighted by atomic mass is 10.1. The van der Waals surface area contributed by atoms with Gasteiger partial charge in [0.25, 0.3) is 5.69 Å². The summed E-state index contributed by atoms with van der Waals surface area (Å²) in [4.78, 5) is 34.4. The molecule has 1 atom stereocenters. The molecule has 1 heterocycles. The molecule has 2 aromatic carbocycles. The highest BCUT2D eigenvalue weighted by molar-refractivity contribution is 5.92. The average molecular weight is 467 g/mol. The lowest BCUT2D eigenvalue weighted by Gasteiger charge is -2.15. The van der Waals surface area contributed by atoms with Crippen molar-refractivity contribution in [2.24, 2.45) is 5.92 Å². The second kappa shape index (κ2) is 9.69. The van der Waals surface area contributed by atoms with Crippen molar-refractivity contribution < 1.29 is 19.4 Å². The van der Waals surface area contributed by atoms with E-state index < -0.39 is 21.7 Å². The van der Waals surface area contributed by atoms with Gasteiger partial charge < -0.3 is 10.1 Å². The minimum absolute atomic E-state index is 0.0838. The van der Waals surface area contributed by atoms with Crippen molar-refractivity contribution >= 4 is 23.0 Å². The summed E-state index contributed by atoms with van der Waals surface area (Å²) in [7, 11) is 0. The van der Waals surface area contributed by atoms with E-state index in [0.29, 0.717) is 11.4 Å². The second-order valence-corrected chi connectivity index (χ2v) is 8.19. The molecule has 1 N–H and O–H groups in total. The molecule has 0 fully saturated rings. The average Bonchev–Trinajstić information content (AvgIpc) is 3.03. The molecule has 0 bridgehead atoms. The minimum Gasteiger partial charge on any atom is -0.457 e. The molecule has 1 amide bonds. The van der Waals surface area contributed by atoms with Crippen LogP contribution in [0.2, 0.25) is 0 Å². The second-order valence-electron chi connectivity index (χ2n) is 8.19. The zero-order valence-electron chi connectivity index (χ0n) is 19.5. The molecule has 1 unspecified atom stereocenters. The fraction of sp³-hybridized carbons (Fsp3) is 0.304. The smallest absolute Gasteiger partial charge is 0.312 e. The summed E-state index contributed by atoms with van der Waals surface area (Å²) in [6.45, 7) is 8.62. The van der Waals surface area contributed by atoms with E-state index in [9.17, 15) is 25.0 Å². The Balaban J connectivity index is 1.82. The van der Waals surface area contributed by atoms with Gasteiger partial charge >= 0.3 is 5.69 Å². The molecule has 11 nitrogen and oxygen atoms in total. The van der Waals surface area contributed by atoms with Crippen LogP contribution < -0.4 is 10.1 Å². The number of rotatable bonds is 8. The molecule has 178 valence electrons. The Kier molecular flexibility index (Phi) is 6.94. The number of ether oxygens (including phenoxy) is 1. The molecule has 0 aliphatic heterocycles. The summed E-state index contributed by atoms with van der Waals surface area (Å²) in [6.07, 6.45) is 0. The first-order chi connectivity index (χ1) is 16.0. The van der Waals surface area contributed by atoms with Crippen LogP contribution in [-0.4, -0.2) is 25.5 Å². The van der Waals surface area contributed by atoms with Crippen LogP contribution in [0.5, 0.6) is 11.5 Å². The van der Waals surface area contributed by atoms with E-state index in [1.807, 2.05) is 32.0 Å². The molecule has 3 aromatic rings. The molecular formula is C23H25N5O6. The van der Waals surface area contributed by atoms with Crippen molar-refractivity contribution in [2.75, 3.05) is 5.32 Å². The lowest BCUT2D eigenvalue weighted by molar-refractivity contribution is -0.386. The number of carbonyl (C=O) groups is 1. The van der Waals surface area contributed by atoms with Crippen LogP contribution in [0.15, 0.2) is 36.4 Å². The normalized spacial score (nSPS) is 11.7. The predicted octanol–water partition coefficient (Wildman–Crippen LogP) is 5.00. The van der Waals surface area contributed by atoms with Crippen molar-refractivity contribution in [1.29, 1.82) is 0 Å². The summed E-state index contributed by atoms with van der Waals surface area (Å²) in [5, 5.41) is 29.5. The summed E-state index contributed by atoms with van der Waals surface area (Å²) >= 11 is 0. The van der Waals surface area contributed by atoms with Crippen molar-refractivity contribution in [3.05, 3.63) is 79.1 Å². The van der Waals surface area contributed by atoms with Gasteiger partial charge in [0, 0.05) is 12.1 Å². The summed E-state index contributed by atoms with van der Waals surface area (Å²) in [5.74, 6) is -0.286. The van der Waals surface area contributed by atoms with Gasteiger partial charge in [0.2, 0.25) is 5.91 Å². The van der Waals surface area contributed by atoms with E-state index in [2.05, 4.69) is 10.4 Å². The van der Waals surface area contributed by atoms with Crippen molar-refractivity contribution in [2.45, 2.75) is 41.2 Å². The van der Waals surface area contributed by atoms with Crippen LogP contribution in [0, 0.1) is 53.8 Å². The summed E-state index contributed by atoms with van der Waals surface area (Å²) in [6, 6.07) is 9.68. The Morgan fingerprint density at radius 1 is 1.09 bits per heavy atom. The van der Waals surface area contributed by atoms with Crippen molar-refractivity contribution in [3.8, 4) is 11.5 Å². The van der Waals surface area contributed by atoms with Crippen LogP contribution in [-0.2, 0) is 11.3 Å².